The topological polar surface area (TPSA) is 102 Å². The maximum absolute atomic E-state index is 11.0. The number of amidine groups is 1. The number of hydrogen-bond donors (Lipinski definition) is 2. The Morgan fingerprint density at radius 1 is 1.19 bits per heavy atom. The standard InChI is InChI=1S/C13H9Br2N3O3/c14-8-2-4-12(10(6-8)18(19)20)21-11-3-1-7(13(16)17)5-9(11)15/h1-6H,(H3,16,17). The van der Waals surface area contributed by atoms with E-state index in [1.54, 1.807) is 24.3 Å². The Bertz CT molecular complexity index is 735. The van der Waals surface area contributed by atoms with E-state index >= 15 is 0 Å². The number of hydrogen-bond acceptors (Lipinski definition) is 4. The van der Waals surface area contributed by atoms with Crippen molar-refractivity contribution in [2.75, 3.05) is 0 Å². The molecule has 0 saturated heterocycles. The maximum Gasteiger partial charge on any atom is 0.312 e. The largest absolute Gasteiger partial charge is 0.449 e. The summed E-state index contributed by atoms with van der Waals surface area (Å²) >= 11 is 6.48. The van der Waals surface area contributed by atoms with Gasteiger partial charge in [-0.05, 0) is 46.3 Å². The van der Waals surface area contributed by atoms with Gasteiger partial charge in [0.25, 0.3) is 0 Å². The Morgan fingerprint density at radius 2 is 1.86 bits per heavy atom. The molecule has 0 radical (unpaired) electrons. The molecule has 0 aliphatic carbocycles. The minimum atomic E-state index is -0.516. The van der Waals surface area contributed by atoms with Crippen LogP contribution in [0.2, 0.25) is 0 Å². The quantitative estimate of drug-likeness (QED) is 0.338. The second-order valence-electron chi connectivity index (χ2n) is 4.03. The zero-order valence-electron chi connectivity index (χ0n) is 10.5. The lowest BCUT2D eigenvalue weighted by atomic mass is 10.2. The first kappa shape index (κ1) is 15.5. The van der Waals surface area contributed by atoms with Gasteiger partial charge in [0, 0.05) is 16.1 Å². The number of ether oxygens (including phenoxy) is 1. The number of nitrogens with one attached hydrogen (secondary N) is 1. The maximum atomic E-state index is 11.0. The Kier molecular flexibility index (Phi) is 4.59. The lowest BCUT2D eigenvalue weighted by Gasteiger charge is -2.09. The van der Waals surface area contributed by atoms with Crippen molar-refractivity contribution in [1.82, 2.24) is 0 Å². The summed E-state index contributed by atoms with van der Waals surface area (Å²) in [6.07, 6.45) is 0. The molecule has 0 aliphatic heterocycles. The molecule has 8 heteroatoms. The van der Waals surface area contributed by atoms with Crippen molar-refractivity contribution in [3.8, 4) is 11.5 Å². The van der Waals surface area contributed by atoms with Gasteiger partial charge in [0.05, 0.1) is 9.40 Å². The van der Waals surface area contributed by atoms with Crippen molar-refractivity contribution in [2.45, 2.75) is 0 Å². The molecule has 6 nitrogen and oxygen atoms in total. The Morgan fingerprint density at radius 3 is 2.43 bits per heavy atom. The smallest absolute Gasteiger partial charge is 0.312 e. The van der Waals surface area contributed by atoms with Crippen molar-refractivity contribution in [1.29, 1.82) is 5.41 Å². The number of nitrogen functional groups attached to an aromatic ring is 1. The predicted molar refractivity (Wildman–Crippen MR) is 86.0 cm³/mol. The van der Waals surface area contributed by atoms with Crippen LogP contribution in [-0.2, 0) is 0 Å². The average Bonchev–Trinajstić information content (AvgIpc) is 2.42. The molecule has 0 aliphatic rings. The van der Waals surface area contributed by atoms with Crippen molar-refractivity contribution in [2.24, 2.45) is 5.73 Å². The van der Waals surface area contributed by atoms with Crippen LogP contribution in [0.15, 0.2) is 45.3 Å². The van der Waals surface area contributed by atoms with Crippen LogP contribution in [0.1, 0.15) is 5.56 Å². The van der Waals surface area contributed by atoms with Crippen LogP contribution in [-0.4, -0.2) is 10.8 Å². The fourth-order valence-electron chi connectivity index (χ4n) is 1.59. The highest BCUT2D eigenvalue weighted by Gasteiger charge is 2.17. The molecular weight excluding hydrogens is 406 g/mol. The number of rotatable bonds is 4. The molecule has 0 spiro atoms. The van der Waals surface area contributed by atoms with E-state index in [0.717, 1.165) is 0 Å². The summed E-state index contributed by atoms with van der Waals surface area (Å²) in [5, 5.41) is 18.4. The molecule has 0 atom stereocenters. The molecule has 0 unspecified atom stereocenters. The summed E-state index contributed by atoms with van der Waals surface area (Å²) in [5.74, 6) is 0.446. The average molecular weight is 415 g/mol. The molecule has 0 heterocycles. The fraction of sp³-hybridized carbons (Fsp3) is 0. The molecule has 0 amide bonds. The SMILES string of the molecule is N=C(N)c1ccc(Oc2ccc(Br)cc2[N+](=O)[O-])c(Br)c1. The summed E-state index contributed by atoms with van der Waals surface area (Å²) in [6, 6.07) is 9.34. The Hall–Kier alpha value is -1.93. The molecular formula is C13H9Br2N3O3. The zero-order valence-corrected chi connectivity index (χ0v) is 13.6. The van der Waals surface area contributed by atoms with Gasteiger partial charge in [-0.1, -0.05) is 15.9 Å². The highest BCUT2D eigenvalue weighted by atomic mass is 79.9. The van der Waals surface area contributed by atoms with E-state index in [1.807, 2.05) is 0 Å². The number of benzene rings is 2. The van der Waals surface area contributed by atoms with E-state index < -0.39 is 4.92 Å². The third-order valence-electron chi connectivity index (χ3n) is 2.58. The third kappa shape index (κ3) is 3.59. The first-order valence-electron chi connectivity index (χ1n) is 5.64. The highest BCUT2D eigenvalue weighted by Crippen LogP contribution is 2.36. The van der Waals surface area contributed by atoms with Gasteiger partial charge in [0.1, 0.15) is 11.6 Å². The van der Waals surface area contributed by atoms with Gasteiger partial charge in [-0.15, -0.1) is 0 Å². The summed E-state index contributed by atoms with van der Waals surface area (Å²) in [7, 11) is 0. The minimum Gasteiger partial charge on any atom is -0.449 e. The fourth-order valence-corrected chi connectivity index (χ4v) is 2.40. The van der Waals surface area contributed by atoms with Crippen LogP contribution in [0.3, 0.4) is 0 Å². The molecule has 21 heavy (non-hydrogen) atoms. The summed E-state index contributed by atoms with van der Waals surface area (Å²) in [6.45, 7) is 0. The monoisotopic (exact) mass is 413 g/mol. The summed E-state index contributed by atoms with van der Waals surface area (Å²) < 4.78 is 6.71. The van der Waals surface area contributed by atoms with Crippen LogP contribution in [0, 0.1) is 15.5 Å². The van der Waals surface area contributed by atoms with Crippen molar-refractivity contribution in [3.05, 3.63) is 61.0 Å². The number of nitro benzene ring substituents is 1. The van der Waals surface area contributed by atoms with Crippen molar-refractivity contribution in [3.63, 3.8) is 0 Å². The molecule has 0 saturated carbocycles. The molecule has 108 valence electrons. The second-order valence-corrected chi connectivity index (χ2v) is 5.80. The third-order valence-corrected chi connectivity index (χ3v) is 3.69. The molecule has 2 aromatic carbocycles. The van der Waals surface area contributed by atoms with Crippen LogP contribution < -0.4 is 10.5 Å². The van der Waals surface area contributed by atoms with E-state index in [0.29, 0.717) is 20.3 Å². The normalized spacial score (nSPS) is 10.2. The molecule has 2 aromatic rings. The highest BCUT2D eigenvalue weighted by molar-refractivity contribution is 9.10. The first-order chi connectivity index (χ1) is 9.88. The number of nitro groups is 1. The van der Waals surface area contributed by atoms with Gasteiger partial charge in [-0.2, -0.15) is 0 Å². The molecule has 0 aromatic heterocycles. The van der Waals surface area contributed by atoms with Crippen LogP contribution in [0.4, 0.5) is 5.69 Å². The van der Waals surface area contributed by atoms with Crippen molar-refractivity contribution < 1.29 is 9.66 Å². The van der Waals surface area contributed by atoms with E-state index in [2.05, 4.69) is 31.9 Å². The van der Waals surface area contributed by atoms with Gasteiger partial charge in [0.2, 0.25) is 5.75 Å². The summed E-state index contributed by atoms with van der Waals surface area (Å²) in [4.78, 5) is 10.5. The lowest BCUT2D eigenvalue weighted by molar-refractivity contribution is -0.385. The van der Waals surface area contributed by atoms with E-state index in [-0.39, 0.29) is 17.3 Å². The van der Waals surface area contributed by atoms with Gasteiger partial charge in [-0.25, -0.2) is 0 Å². The number of nitrogens with two attached hydrogens (primary N) is 1. The summed E-state index contributed by atoms with van der Waals surface area (Å²) in [5.41, 5.74) is 5.77. The molecule has 0 fully saturated rings. The second kappa shape index (κ2) is 6.23. The van der Waals surface area contributed by atoms with E-state index in [4.69, 9.17) is 15.9 Å². The van der Waals surface area contributed by atoms with Crippen LogP contribution in [0.25, 0.3) is 0 Å². The van der Waals surface area contributed by atoms with Gasteiger partial charge >= 0.3 is 5.69 Å². The van der Waals surface area contributed by atoms with E-state index in [9.17, 15) is 10.1 Å². The molecule has 2 rings (SSSR count). The minimum absolute atomic E-state index is 0.0723. The van der Waals surface area contributed by atoms with Crippen molar-refractivity contribution >= 4 is 43.4 Å². The van der Waals surface area contributed by atoms with Gasteiger partial charge in [0.15, 0.2) is 0 Å². The van der Waals surface area contributed by atoms with Gasteiger partial charge in [-0.3, -0.25) is 15.5 Å². The van der Waals surface area contributed by atoms with Gasteiger partial charge < -0.3 is 10.5 Å². The molecule has 0 bridgehead atoms. The molecule has 3 N–H and O–H groups in total. The van der Waals surface area contributed by atoms with E-state index in [1.165, 1.54) is 12.1 Å². The Balaban J connectivity index is 2.39. The van der Waals surface area contributed by atoms with Crippen LogP contribution >= 0.6 is 31.9 Å². The first-order valence-corrected chi connectivity index (χ1v) is 7.23. The Labute approximate surface area is 136 Å². The number of nitrogens with zero attached hydrogens (tertiary/aromatic N) is 1. The van der Waals surface area contributed by atoms with Crippen LogP contribution in [0.5, 0.6) is 11.5 Å². The lowest BCUT2D eigenvalue weighted by Crippen LogP contribution is -2.10. The predicted octanol–water partition coefficient (Wildman–Crippen LogP) is 4.20. The number of halogens is 2. The zero-order chi connectivity index (χ0) is 15.6.